The van der Waals surface area contributed by atoms with Gasteiger partial charge in [-0.15, -0.1) is 0 Å². The summed E-state index contributed by atoms with van der Waals surface area (Å²) in [5.41, 5.74) is 1.26. The van der Waals surface area contributed by atoms with Gasteiger partial charge in [0.1, 0.15) is 32.7 Å². The normalized spacial score (nSPS) is 24.7. The second-order valence-electron chi connectivity index (χ2n) is 5.56. The molecule has 0 aromatic heterocycles. The number of piperazine rings is 1. The minimum atomic E-state index is 0.292. The van der Waals surface area contributed by atoms with Gasteiger partial charge in [-0.3, -0.25) is 0 Å². The average Bonchev–Trinajstić information content (AvgIpc) is 2.95. The van der Waals surface area contributed by atoms with Gasteiger partial charge in [-0.2, -0.15) is 0 Å². The predicted octanol–water partition coefficient (Wildman–Crippen LogP) is -1.27. The summed E-state index contributed by atoms with van der Waals surface area (Å²) >= 11 is 0. The Balaban J connectivity index is 1.69. The van der Waals surface area contributed by atoms with Gasteiger partial charge in [-0.25, -0.2) is 0 Å². The first-order chi connectivity index (χ1) is 9.80. The summed E-state index contributed by atoms with van der Waals surface area (Å²) in [6.45, 7) is 9.85. The lowest BCUT2D eigenvalue weighted by molar-refractivity contribution is -1.02. The Morgan fingerprint density at radius 2 is 1.85 bits per heavy atom. The molecule has 3 rings (SSSR count). The highest BCUT2D eigenvalue weighted by atomic mass is 16.7. The molecule has 2 heterocycles. The van der Waals surface area contributed by atoms with E-state index < -0.39 is 0 Å². The Bertz CT molecular complexity index is 470. The van der Waals surface area contributed by atoms with Gasteiger partial charge in [0.25, 0.3) is 0 Å². The van der Waals surface area contributed by atoms with E-state index in [0.29, 0.717) is 6.79 Å². The van der Waals surface area contributed by atoms with E-state index in [1.165, 1.54) is 38.3 Å². The number of ether oxygens (including phenoxy) is 3. The van der Waals surface area contributed by atoms with E-state index in [9.17, 15) is 0 Å². The molecule has 1 aromatic rings. The van der Waals surface area contributed by atoms with E-state index in [2.05, 4.69) is 19.1 Å². The molecule has 0 saturated carbocycles. The van der Waals surface area contributed by atoms with Crippen molar-refractivity contribution in [3.8, 4) is 17.2 Å². The van der Waals surface area contributed by atoms with E-state index in [1.807, 2.05) is 0 Å². The quantitative estimate of drug-likeness (QED) is 0.722. The van der Waals surface area contributed by atoms with Crippen molar-refractivity contribution in [3.05, 3.63) is 17.7 Å². The first kappa shape index (κ1) is 13.5. The third-order valence-corrected chi connectivity index (χ3v) is 4.34. The van der Waals surface area contributed by atoms with Crippen LogP contribution in [0, 0.1) is 0 Å². The van der Waals surface area contributed by atoms with Crippen molar-refractivity contribution in [2.24, 2.45) is 0 Å². The minimum Gasteiger partial charge on any atom is -0.493 e. The summed E-state index contributed by atoms with van der Waals surface area (Å²) < 4.78 is 16.3. The first-order valence-electron chi connectivity index (χ1n) is 7.43. The molecule has 2 N–H and O–H groups in total. The third kappa shape index (κ3) is 2.69. The van der Waals surface area contributed by atoms with Crippen LogP contribution in [0.1, 0.15) is 12.5 Å². The molecule has 1 saturated heterocycles. The molecule has 110 valence electrons. The molecule has 2 aliphatic rings. The van der Waals surface area contributed by atoms with E-state index in [0.717, 1.165) is 23.8 Å². The van der Waals surface area contributed by atoms with Crippen LogP contribution in [0.15, 0.2) is 12.1 Å². The molecule has 0 spiro atoms. The average molecular weight is 280 g/mol. The van der Waals surface area contributed by atoms with Gasteiger partial charge < -0.3 is 24.0 Å². The van der Waals surface area contributed by atoms with Crippen molar-refractivity contribution in [1.29, 1.82) is 0 Å². The van der Waals surface area contributed by atoms with E-state index >= 15 is 0 Å². The Morgan fingerprint density at radius 3 is 2.55 bits per heavy atom. The van der Waals surface area contributed by atoms with Gasteiger partial charge in [-0.1, -0.05) is 0 Å². The molecule has 0 bridgehead atoms. The van der Waals surface area contributed by atoms with Crippen molar-refractivity contribution < 1.29 is 24.0 Å². The van der Waals surface area contributed by atoms with Gasteiger partial charge in [0.2, 0.25) is 12.5 Å². The van der Waals surface area contributed by atoms with Crippen molar-refractivity contribution in [2.75, 3.05) is 46.6 Å². The standard InChI is InChI=1S/C15H22N2O3/c1-3-16-4-6-17(7-5-16)10-12-8-13(18-2)15-14(9-12)19-11-20-15/h8-9H,3-7,10-11H2,1-2H3/p+2. The maximum Gasteiger partial charge on any atom is 0.231 e. The van der Waals surface area contributed by atoms with Crippen molar-refractivity contribution in [3.63, 3.8) is 0 Å². The zero-order valence-electron chi connectivity index (χ0n) is 12.3. The molecular formula is C15H24N2O3+2. The van der Waals surface area contributed by atoms with Crippen LogP contribution in [0.2, 0.25) is 0 Å². The van der Waals surface area contributed by atoms with Crippen LogP contribution in [-0.4, -0.2) is 46.6 Å². The molecule has 5 nitrogen and oxygen atoms in total. The summed E-state index contributed by atoms with van der Waals surface area (Å²) in [4.78, 5) is 3.36. The summed E-state index contributed by atoms with van der Waals surface area (Å²) in [6.07, 6.45) is 0. The summed E-state index contributed by atoms with van der Waals surface area (Å²) in [7, 11) is 1.68. The number of quaternary nitrogens is 2. The maximum atomic E-state index is 5.49. The molecule has 0 aliphatic carbocycles. The highest BCUT2D eigenvalue weighted by Gasteiger charge is 2.24. The largest absolute Gasteiger partial charge is 0.493 e. The Labute approximate surface area is 120 Å². The van der Waals surface area contributed by atoms with E-state index in [4.69, 9.17) is 14.2 Å². The fraction of sp³-hybridized carbons (Fsp3) is 0.600. The minimum absolute atomic E-state index is 0.292. The Morgan fingerprint density at radius 1 is 1.10 bits per heavy atom. The number of nitrogens with one attached hydrogen (secondary N) is 2. The molecule has 0 atom stereocenters. The lowest BCUT2D eigenvalue weighted by Gasteiger charge is -2.29. The fourth-order valence-electron chi connectivity index (χ4n) is 3.06. The topological polar surface area (TPSA) is 36.6 Å². The maximum absolute atomic E-state index is 5.49. The molecule has 1 fully saturated rings. The highest BCUT2D eigenvalue weighted by molar-refractivity contribution is 5.54. The molecule has 20 heavy (non-hydrogen) atoms. The summed E-state index contributed by atoms with van der Waals surface area (Å²) in [6, 6.07) is 4.18. The molecule has 5 heteroatoms. The number of rotatable bonds is 4. The zero-order chi connectivity index (χ0) is 13.9. The van der Waals surface area contributed by atoms with Crippen LogP contribution >= 0.6 is 0 Å². The number of benzene rings is 1. The van der Waals surface area contributed by atoms with E-state index in [1.54, 1.807) is 16.9 Å². The number of hydrogen-bond acceptors (Lipinski definition) is 3. The van der Waals surface area contributed by atoms with Crippen LogP contribution in [0.25, 0.3) is 0 Å². The Kier molecular flexibility index (Phi) is 3.98. The number of methoxy groups -OCH3 is 1. The van der Waals surface area contributed by atoms with Crippen LogP contribution in [0.5, 0.6) is 17.2 Å². The number of hydrogen-bond donors (Lipinski definition) is 2. The second kappa shape index (κ2) is 5.89. The second-order valence-corrected chi connectivity index (χ2v) is 5.56. The summed E-state index contributed by atoms with van der Waals surface area (Å²) in [5, 5.41) is 0. The fourth-order valence-corrected chi connectivity index (χ4v) is 3.06. The molecule has 0 amide bonds. The zero-order valence-corrected chi connectivity index (χ0v) is 12.3. The lowest BCUT2D eigenvalue weighted by Crippen LogP contribution is -3.27. The molecule has 2 aliphatic heterocycles. The van der Waals surface area contributed by atoms with Crippen molar-refractivity contribution >= 4 is 0 Å². The van der Waals surface area contributed by atoms with Crippen molar-refractivity contribution in [1.82, 2.24) is 0 Å². The van der Waals surface area contributed by atoms with Crippen molar-refractivity contribution in [2.45, 2.75) is 13.5 Å². The summed E-state index contributed by atoms with van der Waals surface area (Å²) in [5.74, 6) is 2.34. The molecule has 0 unspecified atom stereocenters. The van der Waals surface area contributed by atoms with Crippen LogP contribution < -0.4 is 24.0 Å². The molecular weight excluding hydrogens is 256 g/mol. The Hall–Kier alpha value is -1.46. The smallest absolute Gasteiger partial charge is 0.231 e. The molecule has 0 radical (unpaired) electrons. The van der Waals surface area contributed by atoms with E-state index in [-0.39, 0.29) is 0 Å². The molecule has 1 aromatic carbocycles. The predicted molar refractivity (Wildman–Crippen MR) is 74.8 cm³/mol. The van der Waals surface area contributed by atoms with Crippen LogP contribution in [0.3, 0.4) is 0 Å². The lowest BCUT2D eigenvalue weighted by atomic mass is 10.1. The number of likely N-dealkylation sites (N-methyl/N-ethyl adjacent to an activating group) is 1. The van der Waals surface area contributed by atoms with Crippen LogP contribution in [-0.2, 0) is 6.54 Å². The van der Waals surface area contributed by atoms with Gasteiger partial charge in [0, 0.05) is 5.56 Å². The van der Waals surface area contributed by atoms with Gasteiger partial charge in [-0.05, 0) is 19.1 Å². The van der Waals surface area contributed by atoms with Crippen LogP contribution in [0.4, 0.5) is 0 Å². The highest BCUT2D eigenvalue weighted by Crippen LogP contribution is 2.41. The SMILES string of the molecule is CC[NH+]1CC[NH+](Cc2cc(OC)c3c(c2)OCO3)CC1. The monoisotopic (exact) mass is 280 g/mol. The van der Waals surface area contributed by atoms with Gasteiger partial charge >= 0.3 is 0 Å². The van der Waals surface area contributed by atoms with Gasteiger partial charge in [0.05, 0.1) is 13.7 Å². The van der Waals surface area contributed by atoms with Gasteiger partial charge in [0.15, 0.2) is 11.5 Å². The first-order valence-corrected chi connectivity index (χ1v) is 7.43. The third-order valence-electron chi connectivity index (χ3n) is 4.34. The number of fused-ring (bicyclic) bond motifs is 1.